The molecule has 8 nitrogen and oxygen atoms in total. The molecule has 0 bridgehead atoms. The molecular weight excluding hydrogens is 382 g/mol. The van der Waals surface area contributed by atoms with Crippen molar-refractivity contribution in [2.75, 3.05) is 13.1 Å². The van der Waals surface area contributed by atoms with Crippen LogP contribution in [0.2, 0.25) is 0 Å². The number of carboxylic acids is 1. The molecule has 1 atom stereocenters. The van der Waals surface area contributed by atoms with E-state index in [1.807, 2.05) is 30.5 Å². The lowest BCUT2D eigenvalue weighted by molar-refractivity contribution is -0.138. The molecule has 0 aliphatic heterocycles. The van der Waals surface area contributed by atoms with E-state index in [0.29, 0.717) is 5.69 Å². The van der Waals surface area contributed by atoms with Gasteiger partial charge in [0.2, 0.25) is 0 Å². The summed E-state index contributed by atoms with van der Waals surface area (Å²) in [6.07, 6.45) is 8.98. The summed E-state index contributed by atoms with van der Waals surface area (Å²) >= 11 is 0. The van der Waals surface area contributed by atoms with Crippen molar-refractivity contribution < 1.29 is 14.7 Å². The van der Waals surface area contributed by atoms with Crippen molar-refractivity contribution in [3.63, 3.8) is 0 Å². The van der Waals surface area contributed by atoms with Crippen LogP contribution in [0, 0.1) is 0 Å². The summed E-state index contributed by atoms with van der Waals surface area (Å²) in [5.74, 6) is -1.11. The maximum atomic E-state index is 13.2. The van der Waals surface area contributed by atoms with Gasteiger partial charge in [-0.25, -0.2) is 9.78 Å². The van der Waals surface area contributed by atoms with Crippen molar-refractivity contribution >= 4 is 22.9 Å². The van der Waals surface area contributed by atoms with Gasteiger partial charge >= 0.3 is 12.0 Å². The minimum absolute atomic E-state index is 0.0244. The van der Waals surface area contributed by atoms with Crippen molar-refractivity contribution in [3.05, 3.63) is 54.2 Å². The standard InChI is InChI=1S/C22H29N5O3/c1-2-3-10-24-11-6-7-16-14-26(20-9-5-4-8-18(16)20)22(30)27-15-25-13-17(27)12-19(23)21(28)29/h4-5,8-9,13-15,19,24H,2-3,6-7,10-12,23H2,1H3,(H,28,29). The molecule has 30 heavy (non-hydrogen) atoms. The van der Waals surface area contributed by atoms with Gasteiger partial charge in [0.1, 0.15) is 12.4 Å². The zero-order valence-electron chi connectivity index (χ0n) is 17.3. The number of nitrogens with two attached hydrogens (primary N) is 1. The number of imidazole rings is 1. The first-order valence-corrected chi connectivity index (χ1v) is 10.4. The normalized spacial score (nSPS) is 12.3. The minimum Gasteiger partial charge on any atom is -0.480 e. The summed E-state index contributed by atoms with van der Waals surface area (Å²) in [6, 6.07) is 6.41. The fourth-order valence-electron chi connectivity index (χ4n) is 3.51. The van der Waals surface area contributed by atoms with E-state index in [1.165, 1.54) is 29.9 Å². The molecule has 4 N–H and O–H groups in total. The highest BCUT2D eigenvalue weighted by Crippen LogP contribution is 2.23. The largest absolute Gasteiger partial charge is 0.480 e. The number of carboxylic acid groups (broad SMARTS) is 1. The Labute approximate surface area is 175 Å². The summed E-state index contributed by atoms with van der Waals surface area (Å²) < 4.78 is 2.97. The Balaban J connectivity index is 1.80. The fraction of sp³-hybridized carbons (Fsp3) is 0.409. The first-order valence-electron chi connectivity index (χ1n) is 10.4. The molecule has 0 aliphatic carbocycles. The molecule has 0 saturated heterocycles. The van der Waals surface area contributed by atoms with Gasteiger partial charge < -0.3 is 16.2 Å². The minimum atomic E-state index is -1.11. The maximum absolute atomic E-state index is 13.2. The van der Waals surface area contributed by atoms with Gasteiger partial charge in [-0.05, 0) is 44.0 Å². The highest BCUT2D eigenvalue weighted by molar-refractivity contribution is 5.94. The second-order valence-electron chi connectivity index (χ2n) is 7.44. The Kier molecular flexibility index (Phi) is 7.37. The van der Waals surface area contributed by atoms with Crippen molar-refractivity contribution in [2.45, 2.75) is 45.1 Å². The summed E-state index contributed by atoms with van der Waals surface area (Å²) in [5, 5.41) is 13.6. The Morgan fingerprint density at radius 2 is 1.97 bits per heavy atom. The van der Waals surface area contributed by atoms with Crippen LogP contribution in [0.5, 0.6) is 0 Å². The van der Waals surface area contributed by atoms with Crippen LogP contribution in [0.15, 0.2) is 43.0 Å². The molecule has 160 valence electrons. The van der Waals surface area contributed by atoms with Gasteiger partial charge in [0.25, 0.3) is 0 Å². The molecule has 8 heteroatoms. The molecule has 2 heterocycles. The lowest BCUT2D eigenvalue weighted by Gasteiger charge is -2.10. The lowest BCUT2D eigenvalue weighted by atomic mass is 10.1. The zero-order valence-corrected chi connectivity index (χ0v) is 17.3. The van der Waals surface area contributed by atoms with Gasteiger partial charge in [0, 0.05) is 29.9 Å². The summed E-state index contributed by atoms with van der Waals surface area (Å²) in [6.45, 7) is 4.14. The number of fused-ring (bicyclic) bond motifs is 1. The van der Waals surface area contributed by atoms with E-state index in [4.69, 9.17) is 10.8 Å². The van der Waals surface area contributed by atoms with Crippen molar-refractivity contribution in [1.82, 2.24) is 19.4 Å². The van der Waals surface area contributed by atoms with Crippen molar-refractivity contribution in [2.24, 2.45) is 5.73 Å². The Hall–Kier alpha value is -2.97. The van der Waals surface area contributed by atoms with Gasteiger partial charge in [0.15, 0.2) is 0 Å². The third-order valence-corrected chi connectivity index (χ3v) is 5.17. The van der Waals surface area contributed by atoms with Gasteiger partial charge in [-0.2, -0.15) is 0 Å². The average molecular weight is 412 g/mol. The number of aliphatic carboxylic acids is 1. The van der Waals surface area contributed by atoms with E-state index >= 15 is 0 Å². The SMILES string of the molecule is CCCCNCCCc1cn(C(=O)n2cncc2CC(N)C(=O)O)c2ccccc12. The summed E-state index contributed by atoms with van der Waals surface area (Å²) in [7, 11) is 0. The molecule has 0 saturated carbocycles. The van der Waals surface area contributed by atoms with Gasteiger partial charge in [0.05, 0.1) is 5.52 Å². The number of para-hydroxylation sites is 1. The third-order valence-electron chi connectivity index (χ3n) is 5.17. The van der Waals surface area contributed by atoms with Crippen LogP contribution in [0.3, 0.4) is 0 Å². The predicted molar refractivity (Wildman–Crippen MR) is 116 cm³/mol. The fourth-order valence-corrected chi connectivity index (χ4v) is 3.51. The molecule has 3 rings (SSSR count). The van der Waals surface area contributed by atoms with Crippen LogP contribution in [0.1, 0.15) is 37.4 Å². The highest BCUT2D eigenvalue weighted by Gasteiger charge is 2.20. The molecular formula is C22H29N5O3. The number of nitrogens with zero attached hydrogens (tertiary/aromatic N) is 3. The molecule has 0 amide bonds. The molecule has 0 spiro atoms. The van der Waals surface area contributed by atoms with E-state index in [0.717, 1.165) is 42.4 Å². The topological polar surface area (TPSA) is 115 Å². The number of carbonyl (C=O) groups excluding carboxylic acids is 1. The van der Waals surface area contributed by atoms with Crippen molar-refractivity contribution in [1.29, 1.82) is 0 Å². The second-order valence-corrected chi connectivity index (χ2v) is 7.44. The van der Waals surface area contributed by atoms with Crippen LogP contribution in [-0.2, 0) is 17.6 Å². The van der Waals surface area contributed by atoms with E-state index in [9.17, 15) is 9.59 Å². The molecule has 1 aromatic carbocycles. The summed E-state index contributed by atoms with van der Waals surface area (Å²) in [5.41, 5.74) is 8.04. The number of aromatic nitrogens is 3. The Morgan fingerprint density at radius 1 is 1.20 bits per heavy atom. The molecule has 0 aliphatic rings. The van der Waals surface area contributed by atoms with E-state index in [1.54, 1.807) is 4.57 Å². The van der Waals surface area contributed by atoms with Gasteiger partial charge in [-0.3, -0.25) is 13.9 Å². The highest BCUT2D eigenvalue weighted by atomic mass is 16.4. The van der Waals surface area contributed by atoms with Crippen LogP contribution in [0.4, 0.5) is 4.79 Å². The number of aryl methyl sites for hydroxylation is 1. The number of rotatable bonds is 10. The smallest absolute Gasteiger partial charge is 0.338 e. The number of hydrogen-bond acceptors (Lipinski definition) is 5. The van der Waals surface area contributed by atoms with Crippen molar-refractivity contribution in [3.8, 4) is 0 Å². The lowest BCUT2D eigenvalue weighted by Crippen LogP contribution is -2.34. The molecule has 0 radical (unpaired) electrons. The quantitative estimate of drug-likeness (QED) is 0.442. The average Bonchev–Trinajstić information content (AvgIpc) is 3.35. The number of carbonyl (C=O) groups is 2. The van der Waals surface area contributed by atoms with Crippen LogP contribution >= 0.6 is 0 Å². The van der Waals surface area contributed by atoms with E-state index < -0.39 is 12.0 Å². The van der Waals surface area contributed by atoms with Crippen LogP contribution in [-0.4, -0.2) is 50.4 Å². The molecule has 2 aromatic heterocycles. The first kappa shape index (κ1) is 21.7. The number of unbranched alkanes of at least 4 members (excludes halogenated alkanes) is 1. The Morgan fingerprint density at radius 3 is 2.73 bits per heavy atom. The third kappa shape index (κ3) is 4.95. The molecule has 3 aromatic rings. The first-order chi connectivity index (χ1) is 14.5. The zero-order chi connectivity index (χ0) is 21.5. The maximum Gasteiger partial charge on any atom is 0.338 e. The van der Waals surface area contributed by atoms with Crippen LogP contribution in [0.25, 0.3) is 10.9 Å². The van der Waals surface area contributed by atoms with E-state index in [-0.39, 0.29) is 12.5 Å². The predicted octanol–water partition coefficient (Wildman–Crippen LogP) is 2.63. The number of benzene rings is 1. The van der Waals surface area contributed by atoms with E-state index in [2.05, 4.69) is 17.2 Å². The van der Waals surface area contributed by atoms with Crippen LogP contribution < -0.4 is 11.1 Å². The van der Waals surface area contributed by atoms with Gasteiger partial charge in [-0.1, -0.05) is 31.5 Å². The number of hydrogen-bond donors (Lipinski definition) is 3. The number of nitrogens with one attached hydrogen (secondary N) is 1. The molecule has 0 fully saturated rings. The van der Waals surface area contributed by atoms with Gasteiger partial charge in [-0.15, -0.1) is 0 Å². The Bertz CT molecular complexity index is 1010. The second kappa shape index (κ2) is 10.2. The molecule has 1 unspecified atom stereocenters. The monoisotopic (exact) mass is 411 g/mol. The summed E-state index contributed by atoms with van der Waals surface area (Å²) in [4.78, 5) is 28.4.